The molecule has 2 aromatic heterocycles. The summed E-state index contributed by atoms with van der Waals surface area (Å²) in [6.45, 7) is 1.52. The molecule has 0 amide bonds. The second-order valence-electron chi connectivity index (χ2n) is 4.93. The normalized spacial score (nSPS) is 24.0. The van der Waals surface area contributed by atoms with Crippen molar-refractivity contribution in [3.8, 4) is 0 Å². The highest BCUT2D eigenvalue weighted by Gasteiger charge is 2.29. The van der Waals surface area contributed by atoms with E-state index in [1.54, 1.807) is 19.6 Å². The number of pyridine rings is 1. The fourth-order valence-corrected chi connectivity index (χ4v) is 2.84. The lowest BCUT2D eigenvalue weighted by Gasteiger charge is -2.39. The van der Waals surface area contributed by atoms with Crippen LogP contribution in [0.15, 0.2) is 29.0 Å². The predicted molar refractivity (Wildman–Crippen MR) is 74.2 cm³/mol. The van der Waals surface area contributed by atoms with Crippen LogP contribution in [0.5, 0.6) is 0 Å². The number of fused-ring (bicyclic) bond motifs is 1. The van der Waals surface area contributed by atoms with Gasteiger partial charge in [0.1, 0.15) is 11.4 Å². The SMILES string of the molecule is COC1CCN(c2nccc3occc23)C(CN)C1. The molecule has 0 saturated carbocycles. The molecule has 1 saturated heterocycles. The van der Waals surface area contributed by atoms with Crippen LogP contribution in [-0.4, -0.2) is 37.3 Å². The molecule has 1 aliphatic heterocycles. The monoisotopic (exact) mass is 261 g/mol. The summed E-state index contributed by atoms with van der Waals surface area (Å²) in [6.07, 6.45) is 5.74. The van der Waals surface area contributed by atoms with Crippen molar-refractivity contribution in [2.45, 2.75) is 25.0 Å². The van der Waals surface area contributed by atoms with Crippen molar-refractivity contribution >= 4 is 16.8 Å². The Labute approximate surface area is 112 Å². The van der Waals surface area contributed by atoms with Crippen molar-refractivity contribution in [3.63, 3.8) is 0 Å². The first-order valence-electron chi connectivity index (χ1n) is 6.65. The first-order chi connectivity index (χ1) is 9.33. The number of nitrogens with zero attached hydrogens (tertiary/aromatic N) is 2. The van der Waals surface area contributed by atoms with E-state index in [2.05, 4.69) is 9.88 Å². The smallest absolute Gasteiger partial charge is 0.139 e. The lowest BCUT2D eigenvalue weighted by Crippen LogP contribution is -2.49. The molecule has 2 N–H and O–H groups in total. The van der Waals surface area contributed by atoms with Gasteiger partial charge in [-0.25, -0.2) is 4.98 Å². The summed E-state index contributed by atoms with van der Waals surface area (Å²) in [5, 5.41) is 1.05. The second-order valence-corrected chi connectivity index (χ2v) is 4.93. The first-order valence-corrected chi connectivity index (χ1v) is 6.65. The van der Waals surface area contributed by atoms with Gasteiger partial charge in [0.05, 0.1) is 17.8 Å². The second kappa shape index (κ2) is 5.19. The molecule has 19 heavy (non-hydrogen) atoms. The van der Waals surface area contributed by atoms with E-state index in [-0.39, 0.29) is 6.04 Å². The number of nitrogens with two attached hydrogens (primary N) is 1. The molecule has 102 valence electrons. The van der Waals surface area contributed by atoms with E-state index in [9.17, 15) is 0 Å². The number of piperidine rings is 1. The lowest BCUT2D eigenvalue weighted by atomic mass is 9.99. The molecular formula is C14H19N3O2. The molecule has 0 aromatic carbocycles. The molecule has 2 aromatic rings. The Morgan fingerprint density at radius 1 is 1.53 bits per heavy atom. The maximum absolute atomic E-state index is 5.92. The molecule has 1 fully saturated rings. The van der Waals surface area contributed by atoms with Crippen LogP contribution >= 0.6 is 0 Å². The Morgan fingerprint density at radius 3 is 3.21 bits per heavy atom. The molecule has 5 heteroatoms. The van der Waals surface area contributed by atoms with Crippen molar-refractivity contribution in [3.05, 3.63) is 24.6 Å². The van der Waals surface area contributed by atoms with Gasteiger partial charge in [-0.15, -0.1) is 0 Å². The number of methoxy groups -OCH3 is 1. The maximum Gasteiger partial charge on any atom is 0.139 e. The Morgan fingerprint density at radius 2 is 2.42 bits per heavy atom. The highest BCUT2D eigenvalue weighted by molar-refractivity contribution is 5.88. The van der Waals surface area contributed by atoms with Gasteiger partial charge >= 0.3 is 0 Å². The molecule has 0 aliphatic carbocycles. The van der Waals surface area contributed by atoms with Crippen LogP contribution < -0.4 is 10.6 Å². The van der Waals surface area contributed by atoms with Gasteiger partial charge in [0, 0.05) is 32.4 Å². The fraction of sp³-hybridized carbons (Fsp3) is 0.500. The van der Waals surface area contributed by atoms with Crippen molar-refractivity contribution in [2.24, 2.45) is 5.73 Å². The Kier molecular flexibility index (Phi) is 3.40. The van der Waals surface area contributed by atoms with Gasteiger partial charge in [-0.3, -0.25) is 0 Å². The summed E-state index contributed by atoms with van der Waals surface area (Å²) >= 11 is 0. The van der Waals surface area contributed by atoms with Crippen LogP contribution in [0.3, 0.4) is 0 Å². The van der Waals surface area contributed by atoms with E-state index in [0.29, 0.717) is 12.6 Å². The van der Waals surface area contributed by atoms with Gasteiger partial charge in [-0.1, -0.05) is 0 Å². The number of furan rings is 1. The predicted octanol–water partition coefficient (Wildman–Crippen LogP) is 1.77. The van der Waals surface area contributed by atoms with Crippen molar-refractivity contribution < 1.29 is 9.15 Å². The van der Waals surface area contributed by atoms with E-state index in [1.165, 1.54) is 0 Å². The summed E-state index contributed by atoms with van der Waals surface area (Å²) < 4.78 is 10.9. The molecule has 0 radical (unpaired) electrons. The minimum absolute atomic E-state index is 0.270. The molecule has 2 atom stereocenters. The Hall–Kier alpha value is -1.59. The van der Waals surface area contributed by atoms with Crippen molar-refractivity contribution in [1.29, 1.82) is 0 Å². The average molecular weight is 261 g/mol. The van der Waals surface area contributed by atoms with Gasteiger partial charge in [-0.2, -0.15) is 0 Å². The first kappa shape index (κ1) is 12.4. The molecule has 5 nitrogen and oxygen atoms in total. The zero-order valence-corrected chi connectivity index (χ0v) is 11.1. The van der Waals surface area contributed by atoms with E-state index in [4.69, 9.17) is 14.9 Å². The molecule has 3 heterocycles. The van der Waals surface area contributed by atoms with Crippen LogP contribution in [0.4, 0.5) is 5.82 Å². The van der Waals surface area contributed by atoms with Crippen LogP contribution in [0.1, 0.15) is 12.8 Å². The minimum Gasteiger partial charge on any atom is -0.464 e. The van der Waals surface area contributed by atoms with Gasteiger partial charge in [0.25, 0.3) is 0 Å². The van der Waals surface area contributed by atoms with Gasteiger partial charge < -0.3 is 19.8 Å². The number of hydrogen-bond acceptors (Lipinski definition) is 5. The highest BCUT2D eigenvalue weighted by Crippen LogP contribution is 2.30. The van der Waals surface area contributed by atoms with E-state index in [1.807, 2.05) is 12.1 Å². The average Bonchev–Trinajstić information content (AvgIpc) is 2.95. The number of rotatable bonds is 3. The Balaban J connectivity index is 1.94. The van der Waals surface area contributed by atoms with Gasteiger partial charge in [-0.05, 0) is 25.0 Å². The summed E-state index contributed by atoms with van der Waals surface area (Å²) in [5.74, 6) is 0.969. The van der Waals surface area contributed by atoms with Crippen LogP contribution in [0.25, 0.3) is 11.0 Å². The molecule has 0 bridgehead atoms. The minimum atomic E-state index is 0.270. The highest BCUT2D eigenvalue weighted by atomic mass is 16.5. The van der Waals surface area contributed by atoms with Gasteiger partial charge in [0.2, 0.25) is 0 Å². The zero-order chi connectivity index (χ0) is 13.2. The summed E-state index contributed by atoms with van der Waals surface area (Å²) in [7, 11) is 1.77. The topological polar surface area (TPSA) is 64.5 Å². The maximum atomic E-state index is 5.92. The standard InChI is InChI=1S/C14H19N3O2/c1-18-11-3-6-17(10(8-11)9-15)14-12-4-7-19-13(12)2-5-16-14/h2,4-5,7,10-11H,3,6,8-9,15H2,1H3. The van der Waals surface area contributed by atoms with Crippen molar-refractivity contribution in [1.82, 2.24) is 4.98 Å². The molecule has 1 aliphatic rings. The summed E-state index contributed by atoms with van der Waals surface area (Å²) in [4.78, 5) is 6.81. The van der Waals surface area contributed by atoms with Crippen LogP contribution in [0.2, 0.25) is 0 Å². The molecule has 2 unspecified atom stereocenters. The Bertz CT molecular complexity index is 554. The van der Waals surface area contributed by atoms with Crippen molar-refractivity contribution in [2.75, 3.05) is 25.1 Å². The fourth-order valence-electron chi connectivity index (χ4n) is 2.84. The summed E-state index contributed by atoms with van der Waals surface area (Å²) in [5.41, 5.74) is 6.79. The number of hydrogen-bond donors (Lipinski definition) is 1. The number of anilines is 1. The van der Waals surface area contributed by atoms with Crippen LogP contribution in [0, 0.1) is 0 Å². The third-order valence-electron chi connectivity index (χ3n) is 3.90. The summed E-state index contributed by atoms with van der Waals surface area (Å²) in [6, 6.07) is 4.12. The lowest BCUT2D eigenvalue weighted by molar-refractivity contribution is 0.0708. The van der Waals surface area contributed by atoms with E-state index < -0.39 is 0 Å². The third-order valence-corrected chi connectivity index (χ3v) is 3.90. The van der Waals surface area contributed by atoms with Gasteiger partial charge in [0.15, 0.2) is 0 Å². The largest absolute Gasteiger partial charge is 0.464 e. The third kappa shape index (κ3) is 2.19. The van der Waals surface area contributed by atoms with E-state index >= 15 is 0 Å². The van der Waals surface area contributed by atoms with Crippen LogP contribution in [-0.2, 0) is 4.74 Å². The zero-order valence-electron chi connectivity index (χ0n) is 11.1. The number of aromatic nitrogens is 1. The molecule has 3 rings (SSSR count). The van der Waals surface area contributed by atoms with E-state index in [0.717, 1.165) is 36.2 Å². The molecule has 0 spiro atoms. The number of ether oxygens (including phenoxy) is 1. The molecular weight excluding hydrogens is 242 g/mol. The quantitative estimate of drug-likeness (QED) is 0.912.